The number of nitrogens with zero attached hydrogens (tertiary/aromatic N) is 1. The highest BCUT2D eigenvalue weighted by atomic mass is 31.2. The maximum absolute atomic E-state index is 12.0. The molecular formula is C17H29N2OP. The molecule has 1 saturated carbocycles. The van der Waals surface area contributed by atoms with Gasteiger partial charge in [-0.25, -0.2) is 4.98 Å². The molecule has 1 aromatic heterocycles. The number of anilines is 1. The minimum Gasteiger partial charge on any atom is -0.370 e. The monoisotopic (exact) mass is 308 g/mol. The van der Waals surface area contributed by atoms with E-state index in [2.05, 4.69) is 38.0 Å². The van der Waals surface area contributed by atoms with E-state index in [1.165, 1.54) is 12.8 Å². The summed E-state index contributed by atoms with van der Waals surface area (Å²) in [5, 5.41) is 4.32. The molecule has 1 heterocycles. The Morgan fingerprint density at radius 1 is 1.33 bits per heavy atom. The van der Waals surface area contributed by atoms with Gasteiger partial charge in [-0.2, -0.15) is 0 Å². The molecule has 0 spiro atoms. The van der Waals surface area contributed by atoms with Crippen LogP contribution in [-0.4, -0.2) is 24.9 Å². The summed E-state index contributed by atoms with van der Waals surface area (Å²) >= 11 is 0. The predicted octanol–water partition coefficient (Wildman–Crippen LogP) is 4.20. The van der Waals surface area contributed by atoms with Crippen LogP contribution in [0, 0.1) is 16.7 Å². The van der Waals surface area contributed by atoms with Crippen molar-refractivity contribution < 1.29 is 4.57 Å². The van der Waals surface area contributed by atoms with Crippen molar-refractivity contribution in [2.45, 2.75) is 40.5 Å². The van der Waals surface area contributed by atoms with E-state index in [0.29, 0.717) is 5.41 Å². The van der Waals surface area contributed by atoms with Crippen LogP contribution in [0.2, 0.25) is 0 Å². The van der Waals surface area contributed by atoms with Gasteiger partial charge in [0.2, 0.25) is 0 Å². The number of nitrogens with one attached hydrogen (secondary N) is 1. The SMILES string of the molecule is C[C@H]1CC[C@@](C)(CNc2ccc(P(C)(C)=O)cn2)C1(C)C. The van der Waals surface area contributed by atoms with Gasteiger partial charge in [0.25, 0.3) is 0 Å². The van der Waals surface area contributed by atoms with Gasteiger partial charge in [0.1, 0.15) is 13.0 Å². The van der Waals surface area contributed by atoms with Crippen LogP contribution >= 0.6 is 7.14 Å². The highest BCUT2D eigenvalue weighted by molar-refractivity contribution is 7.70. The minimum absolute atomic E-state index is 0.289. The standard InChI is InChI=1S/C17H29N2OP/c1-13-9-10-17(4,16(13,2)3)12-19-15-8-7-14(11-18-15)21(5,6)20/h7-8,11,13H,9-10,12H2,1-6H3,(H,18,19)/t13-,17-/m0/s1. The lowest BCUT2D eigenvalue weighted by Gasteiger charge is -2.41. The van der Waals surface area contributed by atoms with Crippen molar-refractivity contribution >= 4 is 18.3 Å². The molecular weight excluding hydrogens is 279 g/mol. The van der Waals surface area contributed by atoms with Crippen LogP contribution in [-0.2, 0) is 4.57 Å². The van der Waals surface area contributed by atoms with Crippen molar-refractivity contribution in [1.82, 2.24) is 4.98 Å². The van der Waals surface area contributed by atoms with Gasteiger partial charge in [0.05, 0.1) is 0 Å². The van der Waals surface area contributed by atoms with Gasteiger partial charge in [-0.15, -0.1) is 0 Å². The average Bonchev–Trinajstić information content (AvgIpc) is 2.60. The van der Waals surface area contributed by atoms with Crippen LogP contribution in [0.15, 0.2) is 18.3 Å². The summed E-state index contributed by atoms with van der Waals surface area (Å²) in [7, 11) is -2.21. The summed E-state index contributed by atoms with van der Waals surface area (Å²) in [5.41, 5.74) is 0.625. The first kappa shape index (κ1) is 16.5. The molecule has 2 atom stereocenters. The van der Waals surface area contributed by atoms with Crippen LogP contribution in [0.1, 0.15) is 40.5 Å². The summed E-state index contributed by atoms with van der Waals surface area (Å²) in [6.45, 7) is 14.0. The fraction of sp³-hybridized carbons (Fsp3) is 0.706. The molecule has 1 aliphatic rings. The Labute approximate surface area is 129 Å². The Hall–Kier alpha value is -0.820. The smallest absolute Gasteiger partial charge is 0.125 e. The van der Waals surface area contributed by atoms with Gasteiger partial charge < -0.3 is 9.88 Å². The van der Waals surface area contributed by atoms with Crippen LogP contribution < -0.4 is 10.6 Å². The van der Waals surface area contributed by atoms with E-state index in [-0.39, 0.29) is 5.41 Å². The predicted molar refractivity (Wildman–Crippen MR) is 92.1 cm³/mol. The number of aromatic nitrogens is 1. The first-order chi connectivity index (χ1) is 9.56. The molecule has 1 N–H and O–H groups in total. The van der Waals surface area contributed by atoms with Crippen molar-refractivity contribution in [1.29, 1.82) is 0 Å². The van der Waals surface area contributed by atoms with Crippen molar-refractivity contribution in [3.63, 3.8) is 0 Å². The van der Waals surface area contributed by atoms with Crippen LogP contribution in [0.4, 0.5) is 5.82 Å². The summed E-state index contributed by atoms with van der Waals surface area (Å²) in [5.74, 6) is 1.63. The highest BCUT2D eigenvalue weighted by Gasteiger charge is 2.49. The van der Waals surface area contributed by atoms with Crippen molar-refractivity contribution in [3.05, 3.63) is 18.3 Å². The second kappa shape index (κ2) is 5.43. The van der Waals surface area contributed by atoms with E-state index in [0.717, 1.165) is 23.6 Å². The Kier molecular flexibility index (Phi) is 4.28. The van der Waals surface area contributed by atoms with E-state index in [9.17, 15) is 4.57 Å². The second-order valence-electron chi connectivity index (χ2n) is 7.83. The van der Waals surface area contributed by atoms with E-state index < -0.39 is 7.14 Å². The van der Waals surface area contributed by atoms with E-state index in [4.69, 9.17) is 0 Å². The summed E-state index contributed by atoms with van der Waals surface area (Å²) in [6, 6.07) is 3.88. The Morgan fingerprint density at radius 2 is 2.00 bits per heavy atom. The van der Waals surface area contributed by atoms with Gasteiger partial charge >= 0.3 is 0 Å². The number of hydrogen-bond donors (Lipinski definition) is 1. The lowest BCUT2D eigenvalue weighted by Crippen LogP contribution is -2.39. The van der Waals surface area contributed by atoms with Gasteiger partial charge in [0, 0.05) is 18.0 Å². The summed E-state index contributed by atoms with van der Waals surface area (Å²) in [6.07, 6.45) is 4.30. The third kappa shape index (κ3) is 3.18. The maximum Gasteiger partial charge on any atom is 0.125 e. The Bertz CT molecular complexity index is 546. The first-order valence-electron chi connectivity index (χ1n) is 7.82. The normalized spacial score (nSPS) is 28.6. The van der Waals surface area contributed by atoms with Crippen molar-refractivity contribution in [2.75, 3.05) is 25.2 Å². The fourth-order valence-electron chi connectivity index (χ4n) is 3.22. The highest BCUT2D eigenvalue weighted by Crippen LogP contribution is 2.55. The molecule has 0 aromatic carbocycles. The van der Waals surface area contributed by atoms with Gasteiger partial charge in [0.15, 0.2) is 0 Å². The largest absolute Gasteiger partial charge is 0.370 e. The molecule has 1 aromatic rings. The molecule has 0 unspecified atom stereocenters. The zero-order valence-electron chi connectivity index (χ0n) is 14.2. The van der Waals surface area contributed by atoms with Gasteiger partial charge in [-0.05, 0) is 55.1 Å². The minimum atomic E-state index is -2.21. The number of pyridine rings is 1. The van der Waals surface area contributed by atoms with Crippen LogP contribution in [0.3, 0.4) is 0 Å². The molecule has 0 saturated heterocycles. The molecule has 2 rings (SSSR count). The lowest BCUT2D eigenvalue weighted by molar-refractivity contribution is 0.109. The zero-order chi connectivity index (χ0) is 15.9. The molecule has 118 valence electrons. The molecule has 4 heteroatoms. The Balaban J connectivity index is 2.05. The summed E-state index contributed by atoms with van der Waals surface area (Å²) < 4.78 is 12.0. The number of hydrogen-bond acceptors (Lipinski definition) is 3. The molecule has 0 aliphatic heterocycles. The average molecular weight is 308 g/mol. The van der Waals surface area contributed by atoms with Crippen LogP contribution in [0.5, 0.6) is 0 Å². The third-order valence-corrected chi connectivity index (χ3v) is 7.45. The molecule has 0 radical (unpaired) electrons. The van der Waals surface area contributed by atoms with E-state index >= 15 is 0 Å². The lowest BCUT2D eigenvalue weighted by atomic mass is 9.66. The van der Waals surface area contributed by atoms with Gasteiger partial charge in [-0.3, -0.25) is 0 Å². The van der Waals surface area contributed by atoms with E-state index in [1.54, 1.807) is 19.5 Å². The second-order valence-corrected chi connectivity index (χ2v) is 11.0. The quantitative estimate of drug-likeness (QED) is 0.847. The van der Waals surface area contributed by atoms with Gasteiger partial charge in [-0.1, -0.05) is 27.7 Å². The van der Waals surface area contributed by atoms with Crippen LogP contribution in [0.25, 0.3) is 0 Å². The maximum atomic E-state index is 12.0. The molecule has 21 heavy (non-hydrogen) atoms. The topological polar surface area (TPSA) is 42.0 Å². The van der Waals surface area contributed by atoms with Crippen molar-refractivity contribution in [2.24, 2.45) is 16.7 Å². The first-order valence-corrected chi connectivity index (χ1v) is 10.4. The van der Waals surface area contributed by atoms with E-state index in [1.807, 2.05) is 12.1 Å². The molecule has 3 nitrogen and oxygen atoms in total. The summed E-state index contributed by atoms with van der Waals surface area (Å²) in [4.78, 5) is 4.42. The molecule has 0 bridgehead atoms. The molecule has 1 aliphatic carbocycles. The molecule has 0 amide bonds. The Morgan fingerprint density at radius 3 is 2.43 bits per heavy atom. The zero-order valence-corrected chi connectivity index (χ0v) is 15.1. The number of rotatable bonds is 4. The third-order valence-electron chi connectivity index (χ3n) is 5.95. The van der Waals surface area contributed by atoms with Crippen molar-refractivity contribution in [3.8, 4) is 0 Å². The molecule has 1 fully saturated rings. The fourth-order valence-corrected chi connectivity index (χ4v) is 3.99.